The van der Waals surface area contributed by atoms with E-state index in [2.05, 4.69) is 99.1 Å². The fourth-order valence-electron chi connectivity index (χ4n) is 5.11. The van der Waals surface area contributed by atoms with Crippen LogP contribution in [0.3, 0.4) is 0 Å². The van der Waals surface area contributed by atoms with E-state index in [4.69, 9.17) is 4.98 Å². The topological polar surface area (TPSA) is 62.1 Å². The maximum Gasteiger partial charge on any atom is 0.170 e. The molecule has 3 heterocycles. The van der Waals surface area contributed by atoms with Crippen molar-refractivity contribution in [1.29, 1.82) is 0 Å². The number of hydrogen-bond donors (Lipinski definition) is 1. The summed E-state index contributed by atoms with van der Waals surface area (Å²) < 4.78 is 2.15. The van der Waals surface area contributed by atoms with Crippen LogP contribution in [-0.2, 0) is 6.42 Å². The number of thioether (sulfide) groups is 1. The molecule has 4 aromatic rings. The quantitative estimate of drug-likeness (QED) is 0.238. The van der Waals surface area contributed by atoms with Crippen LogP contribution in [0.4, 0.5) is 11.5 Å². The van der Waals surface area contributed by atoms with Gasteiger partial charge in [-0.25, -0.2) is 15.0 Å². The molecule has 37 heavy (non-hydrogen) atoms. The number of nitrogens with one attached hydrogen (secondary N) is 1. The minimum atomic E-state index is 0.818. The summed E-state index contributed by atoms with van der Waals surface area (Å²) in [5.41, 5.74) is 6.95. The number of aromatic nitrogens is 4. The predicted octanol–water partition coefficient (Wildman–Crippen LogP) is 5.34. The van der Waals surface area contributed by atoms with Crippen molar-refractivity contribution in [2.24, 2.45) is 0 Å². The monoisotopic (exact) mass is 515 g/mol. The molecule has 0 spiro atoms. The Bertz CT molecular complexity index is 1340. The Morgan fingerprint density at radius 1 is 0.973 bits per heavy atom. The smallest absolute Gasteiger partial charge is 0.170 e. The van der Waals surface area contributed by atoms with Crippen LogP contribution in [0.25, 0.3) is 16.9 Å². The van der Waals surface area contributed by atoms with E-state index in [0.29, 0.717) is 0 Å². The van der Waals surface area contributed by atoms with Crippen molar-refractivity contribution in [2.45, 2.75) is 38.5 Å². The summed E-state index contributed by atoms with van der Waals surface area (Å²) in [7, 11) is 0. The summed E-state index contributed by atoms with van der Waals surface area (Å²) in [4.78, 5) is 20.4. The maximum absolute atomic E-state index is 4.92. The highest BCUT2D eigenvalue weighted by Gasteiger charge is 2.19. The van der Waals surface area contributed by atoms with Crippen LogP contribution in [0, 0.1) is 13.8 Å². The molecule has 1 N–H and O–H groups in total. The molecule has 0 bridgehead atoms. The molecule has 0 unspecified atom stereocenters. The average Bonchev–Trinajstić information content (AvgIpc) is 3.32. The van der Waals surface area contributed by atoms with E-state index in [-0.39, 0.29) is 0 Å². The Morgan fingerprint density at radius 3 is 2.49 bits per heavy atom. The van der Waals surface area contributed by atoms with E-state index in [1.807, 2.05) is 0 Å². The molecule has 0 amide bonds. The highest BCUT2D eigenvalue weighted by atomic mass is 32.2. The summed E-state index contributed by atoms with van der Waals surface area (Å²) in [6.07, 6.45) is 5.63. The molecular weight excluding hydrogens is 478 g/mol. The van der Waals surface area contributed by atoms with E-state index >= 15 is 0 Å². The number of fused-ring (bicyclic) bond motifs is 1. The summed E-state index contributed by atoms with van der Waals surface area (Å²) in [6.45, 7) is 12.9. The van der Waals surface area contributed by atoms with Crippen LogP contribution in [-0.4, -0.2) is 69.9 Å². The van der Waals surface area contributed by atoms with Gasteiger partial charge in [-0.15, -0.1) is 11.8 Å². The minimum Gasteiger partial charge on any atom is -0.369 e. The lowest BCUT2D eigenvalue weighted by Gasteiger charge is -2.37. The lowest BCUT2D eigenvalue weighted by Crippen LogP contribution is -2.47. The van der Waals surface area contributed by atoms with Crippen LogP contribution < -0.4 is 10.2 Å². The van der Waals surface area contributed by atoms with Crippen LogP contribution in [0.15, 0.2) is 53.7 Å². The van der Waals surface area contributed by atoms with Gasteiger partial charge < -0.3 is 10.2 Å². The number of aryl methyl sites for hydroxylation is 2. The average molecular weight is 516 g/mol. The molecule has 1 aliphatic rings. The molecule has 1 saturated heterocycles. The van der Waals surface area contributed by atoms with Gasteiger partial charge in [0.05, 0.1) is 0 Å². The third-order valence-electron chi connectivity index (χ3n) is 7.39. The molecule has 0 radical (unpaired) electrons. The number of nitrogens with zero attached hydrogens (tertiary/aromatic N) is 6. The molecule has 7 nitrogen and oxygen atoms in total. The first-order valence-electron chi connectivity index (χ1n) is 13.2. The minimum absolute atomic E-state index is 0.818. The van der Waals surface area contributed by atoms with Crippen molar-refractivity contribution in [3.8, 4) is 5.69 Å². The maximum atomic E-state index is 4.92. The van der Waals surface area contributed by atoms with Crippen molar-refractivity contribution >= 4 is 34.4 Å². The SMILES string of the molecule is CCc1nc2c(NCCCN3CCN(c4cccc(C)c4C)CC3)ncnc2n1-c1ccc(SC)cc1. The van der Waals surface area contributed by atoms with Gasteiger partial charge in [-0.2, -0.15) is 0 Å². The third kappa shape index (κ3) is 5.45. The second-order valence-corrected chi connectivity index (χ2v) is 10.5. The number of rotatable bonds is 9. The van der Waals surface area contributed by atoms with Crippen molar-refractivity contribution in [1.82, 2.24) is 24.4 Å². The lowest BCUT2D eigenvalue weighted by molar-refractivity contribution is 0.257. The first-order valence-corrected chi connectivity index (χ1v) is 14.5. The predicted molar refractivity (Wildman–Crippen MR) is 155 cm³/mol. The zero-order valence-electron chi connectivity index (χ0n) is 22.4. The first kappa shape index (κ1) is 25.5. The Hall–Kier alpha value is -3.10. The van der Waals surface area contributed by atoms with E-state index < -0.39 is 0 Å². The summed E-state index contributed by atoms with van der Waals surface area (Å²) in [6, 6.07) is 15.2. The van der Waals surface area contributed by atoms with E-state index in [0.717, 1.165) is 80.6 Å². The highest BCUT2D eigenvalue weighted by Crippen LogP contribution is 2.26. The second-order valence-electron chi connectivity index (χ2n) is 9.64. The van der Waals surface area contributed by atoms with Crippen molar-refractivity contribution in [3.63, 3.8) is 0 Å². The van der Waals surface area contributed by atoms with E-state index in [1.165, 1.54) is 21.7 Å². The second kappa shape index (κ2) is 11.5. The number of anilines is 2. The first-order chi connectivity index (χ1) is 18.1. The fourth-order valence-corrected chi connectivity index (χ4v) is 5.51. The Kier molecular flexibility index (Phi) is 7.96. The largest absolute Gasteiger partial charge is 0.369 e. The van der Waals surface area contributed by atoms with Crippen molar-refractivity contribution in [3.05, 3.63) is 65.7 Å². The van der Waals surface area contributed by atoms with Crippen LogP contribution in [0.5, 0.6) is 0 Å². The zero-order valence-corrected chi connectivity index (χ0v) is 23.2. The molecule has 0 atom stereocenters. The van der Waals surface area contributed by atoms with Crippen LogP contribution >= 0.6 is 11.8 Å². The fraction of sp³-hybridized carbons (Fsp3) is 0.414. The summed E-state index contributed by atoms with van der Waals surface area (Å²) in [5, 5.41) is 3.54. The molecule has 1 fully saturated rings. The molecule has 1 aliphatic heterocycles. The van der Waals surface area contributed by atoms with Gasteiger partial charge in [0.15, 0.2) is 17.0 Å². The van der Waals surface area contributed by atoms with Crippen LogP contribution in [0.1, 0.15) is 30.3 Å². The normalized spacial score (nSPS) is 14.4. The van der Waals surface area contributed by atoms with Gasteiger partial charge in [-0.05, 0) is 74.5 Å². The Morgan fingerprint density at radius 2 is 1.76 bits per heavy atom. The number of hydrogen-bond acceptors (Lipinski definition) is 7. The van der Waals surface area contributed by atoms with Gasteiger partial charge in [0.25, 0.3) is 0 Å². The summed E-state index contributed by atoms with van der Waals surface area (Å²) in [5.74, 6) is 1.82. The van der Waals surface area contributed by atoms with Crippen molar-refractivity contribution < 1.29 is 0 Å². The number of piperazine rings is 1. The van der Waals surface area contributed by atoms with Crippen LogP contribution in [0.2, 0.25) is 0 Å². The Labute approximate surface area is 224 Å². The molecule has 2 aromatic carbocycles. The lowest BCUT2D eigenvalue weighted by atomic mass is 10.1. The molecule has 0 saturated carbocycles. The standard InChI is InChI=1S/C29H37N7S/c1-5-26-33-27-28(31-20-32-29(27)36(26)23-10-12-24(37-4)13-11-23)30-14-7-15-34-16-18-35(19-17-34)25-9-6-8-21(2)22(25)3/h6,8-13,20H,5,7,14-19H2,1-4H3,(H,30,31,32). The van der Waals surface area contributed by atoms with Crippen molar-refractivity contribution in [2.75, 3.05) is 55.7 Å². The van der Waals surface area contributed by atoms with Gasteiger partial charge in [0.2, 0.25) is 0 Å². The number of benzene rings is 2. The molecule has 194 valence electrons. The molecule has 5 rings (SSSR count). The van der Waals surface area contributed by atoms with Gasteiger partial charge >= 0.3 is 0 Å². The van der Waals surface area contributed by atoms with E-state index in [1.54, 1.807) is 18.1 Å². The molecule has 0 aliphatic carbocycles. The molecular formula is C29H37N7S. The molecule has 8 heteroatoms. The van der Waals surface area contributed by atoms with Gasteiger partial charge in [0.1, 0.15) is 12.2 Å². The zero-order chi connectivity index (χ0) is 25.8. The van der Waals surface area contributed by atoms with Gasteiger partial charge in [-0.3, -0.25) is 9.47 Å². The Balaban J connectivity index is 1.19. The third-order valence-corrected chi connectivity index (χ3v) is 8.14. The summed E-state index contributed by atoms with van der Waals surface area (Å²) >= 11 is 1.75. The highest BCUT2D eigenvalue weighted by molar-refractivity contribution is 7.98. The number of imidazole rings is 1. The molecule has 2 aromatic heterocycles. The van der Waals surface area contributed by atoms with Gasteiger partial charge in [0, 0.05) is 55.4 Å². The van der Waals surface area contributed by atoms with E-state index in [9.17, 15) is 0 Å². The van der Waals surface area contributed by atoms with Gasteiger partial charge in [-0.1, -0.05) is 19.1 Å².